The summed E-state index contributed by atoms with van der Waals surface area (Å²) < 4.78 is 15.6. The van der Waals surface area contributed by atoms with Crippen LogP contribution in [0.25, 0.3) is 0 Å². The highest BCUT2D eigenvalue weighted by molar-refractivity contribution is 6.08. The number of rotatable bonds is 7. The fraction of sp³-hybridized carbons (Fsp3) is 0.654. The van der Waals surface area contributed by atoms with Crippen LogP contribution in [0.3, 0.4) is 0 Å². The third-order valence-corrected chi connectivity index (χ3v) is 5.44. The van der Waals surface area contributed by atoms with E-state index in [9.17, 15) is 19.2 Å². The van der Waals surface area contributed by atoms with E-state index in [2.05, 4.69) is 10.3 Å². The molecule has 3 amide bonds. The Kier molecular flexibility index (Phi) is 9.84. The minimum Gasteiger partial charge on any atom is -0.467 e. The Bertz CT molecular complexity index is 898. The molecule has 1 saturated carbocycles. The fourth-order valence-electron chi connectivity index (χ4n) is 3.75. The first-order valence-corrected chi connectivity index (χ1v) is 12.3. The second kappa shape index (κ2) is 12.2. The summed E-state index contributed by atoms with van der Waals surface area (Å²) in [5.74, 6) is -0.653. The summed E-state index contributed by atoms with van der Waals surface area (Å²) >= 11 is 0. The van der Waals surface area contributed by atoms with E-state index in [-0.39, 0.29) is 17.6 Å². The highest BCUT2D eigenvalue weighted by atomic mass is 16.6. The number of carbonyl (C=O) groups excluding carboxylic acids is 4. The molecule has 1 aromatic heterocycles. The normalized spacial score (nSPS) is 15.1. The van der Waals surface area contributed by atoms with Crippen molar-refractivity contribution >= 4 is 29.9 Å². The number of hydrogen-bond donors (Lipinski definition) is 1. The predicted octanol–water partition coefficient (Wildman–Crippen LogP) is 4.54. The topological polar surface area (TPSA) is 124 Å². The maximum atomic E-state index is 12.8. The molecule has 1 N–H and O–H groups in total. The zero-order valence-electron chi connectivity index (χ0n) is 22.4. The van der Waals surface area contributed by atoms with Crippen LogP contribution in [0.2, 0.25) is 0 Å². The van der Waals surface area contributed by atoms with Gasteiger partial charge in [-0.1, -0.05) is 18.9 Å². The number of esters is 1. The van der Waals surface area contributed by atoms with E-state index in [1.165, 1.54) is 19.4 Å². The zero-order chi connectivity index (χ0) is 27.1. The monoisotopic (exact) mass is 505 g/mol. The Balaban J connectivity index is 2.13. The average molecular weight is 506 g/mol. The first-order valence-electron chi connectivity index (χ1n) is 12.3. The van der Waals surface area contributed by atoms with Gasteiger partial charge in [-0.25, -0.2) is 19.4 Å². The van der Waals surface area contributed by atoms with E-state index in [0.717, 1.165) is 36.1 Å². The summed E-state index contributed by atoms with van der Waals surface area (Å²) in [5, 5.41) is 2.82. The van der Waals surface area contributed by atoms with Gasteiger partial charge in [-0.15, -0.1) is 0 Å². The van der Waals surface area contributed by atoms with Crippen LogP contribution in [0.15, 0.2) is 18.3 Å². The van der Waals surface area contributed by atoms with Crippen LogP contribution in [-0.4, -0.2) is 53.4 Å². The first kappa shape index (κ1) is 29.1. The average Bonchev–Trinajstić information content (AvgIpc) is 3.29. The van der Waals surface area contributed by atoms with Gasteiger partial charge in [0.25, 0.3) is 0 Å². The van der Waals surface area contributed by atoms with E-state index < -0.39 is 35.4 Å². The number of amides is 3. The molecule has 200 valence electrons. The number of nitrogens with zero attached hydrogens (tertiary/aromatic N) is 2. The van der Waals surface area contributed by atoms with Crippen molar-refractivity contribution in [2.24, 2.45) is 5.92 Å². The summed E-state index contributed by atoms with van der Waals surface area (Å²) in [6, 6.07) is 2.42. The number of carbonyl (C=O) groups is 4. The van der Waals surface area contributed by atoms with Gasteiger partial charge in [-0.05, 0) is 78.9 Å². The van der Waals surface area contributed by atoms with Gasteiger partial charge >= 0.3 is 18.2 Å². The van der Waals surface area contributed by atoms with Crippen LogP contribution in [0.1, 0.15) is 79.2 Å². The maximum absolute atomic E-state index is 12.8. The summed E-state index contributed by atoms with van der Waals surface area (Å²) in [6.07, 6.45) is 4.11. The first-order chi connectivity index (χ1) is 16.7. The standard InChI is InChI=1S/C26H39N3O7/c1-25(2,3)35-23(32)29(24(33)36-26(4,5)6)20-15-13-17(16-27-20)12-14-19(22(31)34-7)28-21(30)18-10-8-9-11-18/h13,15-16,18-19H,8-12,14H2,1-7H3,(H,28,30). The molecule has 10 heteroatoms. The highest BCUT2D eigenvalue weighted by Crippen LogP contribution is 2.25. The Morgan fingerprint density at radius 1 is 1.00 bits per heavy atom. The van der Waals surface area contributed by atoms with Crippen LogP contribution >= 0.6 is 0 Å². The molecule has 0 aromatic carbocycles. The molecular weight excluding hydrogens is 466 g/mol. The van der Waals surface area contributed by atoms with E-state index in [1.54, 1.807) is 47.6 Å². The molecule has 2 rings (SSSR count). The van der Waals surface area contributed by atoms with Crippen LogP contribution in [0.4, 0.5) is 15.4 Å². The van der Waals surface area contributed by atoms with Crippen molar-refractivity contribution in [3.8, 4) is 0 Å². The van der Waals surface area contributed by atoms with Gasteiger partial charge < -0.3 is 19.5 Å². The molecule has 0 spiro atoms. The second-order valence-electron chi connectivity index (χ2n) is 10.9. The van der Waals surface area contributed by atoms with Crippen molar-refractivity contribution in [1.82, 2.24) is 10.3 Å². The smallest absolute Gasteiger partial charge is 0.425 e. The Labute approximate surface area is 213 Å². The molecule has 0 saturated heterocycles. The highest BCUT2D eigenvalue weighted by Gasteiger charge is 2.33. The largest absolute Gasteiger partial charge is 0.467 e. The van der Waals surface area contributed by atoms with E-state index in [0.29, 0.717) is 12.8 Å². The van der Waals surface area contributed by atoms with E-state index in [1.807, 2.05) is 0 Å². The number of aryl methyl sites for hydroxylation is 1. The second-order valence-corrected chi connectivity index (χ2v) is 10.9. The van der Waals surface area contributed by atoms with Gasteiger partial charge in [-0.2, -0.15) is 4.90 Å². The predicted molar refractivity (Wildman–Crippen MR) is 133 cm³/mol. The van der Waals surface area contributed by atoms with Crippen molar-refractivity contribution in [1.29, 1.82) is 0 Å². The lowest BCUT2D eigenvalue weighted by Crippen LogP contribution is -2.44. The molecule has 0 bridgehead atoms. The summed E-state index contributed by atoms with van der Waals surface area (Å²) in [4.78, 5) is 55.3. The van der Waals surface area contributed by atoms with Crippen molar-refractivity contribution in [2.45, 2.75) is 97.3 Å². The van der Waals surface area contributed by atoms with Crippen LogP contribution in [-0.2, 0) is 30.2 Å². The zero-order valence-corrected chi connectivity index (χ0v) is 22.4. The number of ether oxygens (including phenoxy) is 3. The Morgan fingerprint density at radius 2 is 1.56 bits per heavy atom. The van der Waals surface area contributed by atoms with Gasteiger partial charge in [0.1, 0.15) is 23.1 Å². The molecule has 1 aromatic rings. The lowest BCUT2D eigenvalue weighted by atomic mass is 10.0. The fourth-order valence-corrected chi connectivity index (χ4v) is 3.75. The maximum Gasteiger partial charge on any atom is 0.425 e. The van der Waals surface area contributed by atoms with Crippen LogP contribution < -0.4 is 10.2 Å². The minimum atomic E-state index is -0.905. The molecule has 36 heavy (non-hydrogen) atoms. The van der Waals surface area contributed by atoms with Crippen molar-refractivity contribution < 1.29 is 33.4 Å². The van der Waals surface area contributed by atoms with Crippen molar-refractivity contribution in [2.75, 3.05) is 12.0 Å². The molecule has 0 radical (unpaired) electrons. The van der Waals surface area contributed by atoms with Gasteiger partial charge in [0.15, 0.2) is 0 Å². The number of hydrogen-bond acceptors (Lipinski definition) is 8. The molecule has 1 aliphatic carbocycles. The van der Waals surface area contributed by atoms with Gasteiger partial charge in [-0.3, -0.25) is 4.79 Å². The SMILES string of the molecule is COC(=O)C(CCc1ccc(N(C(=O)OC(C)(C)C)C(=O)OC(C)(C)C)nc1)NC(=O)C1CCCC1. The number of nitrogens with one attached hydrogen (secondary N) is 1. The number of imide groups is 1. The third kappa shape index (κ3) is 9.13. The molecule has 1 aliphatic rings. The number of aromatic nitrogens is 1. The molecule has 1 unspecified atom stereocenters. The molecule has 0 aliphatic heterocycles. The van der Waals surface area contributed by atoms with Gasteiger partial charge in [0.2, 0.25) is 5.91 Å². The summed E-state index contributed by atoms with van der Waals surface area (Å²) in [7, 11) is 1.29. The number of methoxy groups -OCH3 is 1. The lowest BCUT2D eigenvalue weighted by molar-refractivity contribution is -0.145. The Hall–Kier alpha value is -3.17. The Morgan fingerprint density at radius 3 is 2.00 bits per heavy atom. The number of anilines is 1. The van der Waals surface area contributed by atoms with Crippen molar-refractivity contribution in [3.05, 3.63) is 23.9 Å². The molecular formula is C26H39N3O7. The van der Waals surface area contributed by atoms with Crippen LogP contribution in [0, 0.1) is 5.92 Å². The molecule has 1 heterocycles. The molecule has 1 atom stereocenters. The molecule has 1 fully saturated rings. The minimum absolute atomic E-state index is 0.0429. The van der Waals surface area contributed by atoms with Crippen molar-refractivity contribution in [3.63, 3.8) is 0 Å². The summed E-state index contributed by atoms with van der Waals surface area (Å²) in [6.45, 7) is 10.2. The lowest BCUT2D eigenvalue weighted by Gasteiger charge is -2.28. The summed E-state index contributed by atoms with van der Waals surface area (Å²) in [5.41, 5.74) is -0.914. The van der Waals surface area contributed by atoms with Gasteiger partial charge in [0.05, 0.1) is 7.11 Å². The van der Waals surface area contributed by atoms with Crippen LogP contribution in [0.5, 0.6) is 0 Å². The van der Waals surface area contributed by atoms with E-state index >= 15 is 0 Å². The van der Waals surface area contributed by atoms with Gasteiger partial charge in [0, 0.05) is 12.1 Å². The van der Waals surface area contributed by atoms with E-state index in [4.69, 9.17) is 14.2 Å². The number of pyridine rings is 1. The quantitative estimate of drug-likeness (QED) is 0.423. The third-order valence-electron chi connectivity index (χ3n) is 5.44. The molecule has 10 nitrogen and oxygen atoms in total.